The van der Waals surface area contributed by atoms with Gasteiger partial charge in [0.2, 0.25) is 0 Å². The fourth-order valence-corrected chi connectivity index (χ4v) is 2.31. The van der Waals surface area contributed by atoms with Gasteiger partial charge in [0, 0.05) is 0 Å². The Morgan fingerprint density at radius 3 is 1.53 bits per heavy atom. The van der Waals surface area contributed by atoms with Gasteiger partial charge in [0.25, 0.3) is 0 Å². The van der Waals surface area contributed by atoms with Crippen LogP contribution in [-0.2, 0) is 0 Å². The summed E-state index contributed by atoms with van der Waals surface area (Å²) in [6.45, 7) is 7.61. The van der Waals surface area contributed by atoms with E-state index >= 15 is 0 Å². The van der Waals surface area contributed by atoms with E-state index in [1.165, 1.54) is 21.5 Å². The minimum absolute atomic E-state index is 0. The first kappa shape index (κ1) is 18.9. The average Bonchev–Trinajstić information content (AvgIpc) is 2.74. The molecule has 0 spiro atoms. The zero-order valence-electron chi connectivity index (χ0n) is 11.6. The van der Waals surface area contributed by atoms with Crippen LogP contribution in [0.1, 0.15) is 11.1 Å². The average molecular weight is 483 g/mol. The summed E-state index contributed by atoms with van der Waals surface area (Å²) in [5.41, 5.74) is 2.33. The van der Waals surface area contributed by atoms with Crippen molar-refractivity contribution in [1.82, 2.24) is 0 Å². The van der Waals surface area contributed by atoms with Crippen LogP contribution in [0.25, 0.3) is 33.7 Å². The molecule has 3 aromatic carbocycles. The van der Waals surface area contributed by atoms with E-state index < -0.39 is 0 Å². The molecule has 0 nitrogen and oxygen atoms in total. The minimum atomic E-state index is 0. The Bertz CT molecular complexity index is 673. The molecular formula is C17H13Cs2+. The van der Waals surface area contributed by atoms with Gasteiger partial charge in [0.1, 0.15) is 0 Å². The van der Waals surface area contributed by atoms with E-state index in [1.54, 1.807) is 0 Å². The second kappa shape index (κ2) is 8.51. The van der Waals surface area contributed by atoms with Crippen molar-refractivity contribution >= 4 is 33.7 Å². The van der Waals surface area contributed by atoms with Crippen molar-refractivity contribution in [3.05, 3.63) is 66.7 Å². The van der Waals surface area contributed by atoms with Crippen LogP contribution in [-0.4, -0.2) is 0 Å². The minimum Gasteiger partial charge on any atom is -0.126 e. The van der Waals surface area contributed by atoms with E-state index in [-0.39, 0.29) is 138 Å². The molecule has 0 fully saturated rings. The Morgan fingerprint density at radius 1 is 0.737 bits per heavy atom. The van der Waals surface area contributed by atoms with Gasteiger partial charge in [-0.25, -0.2) is 0 Å². The molecular weight excluding hydrogens is 470 g/mol. The molecule has 0 saturated carbocycles. The maximum atomic E-state index is 3.81. The summed E-state index contributed by atoms with van der Waals surface area (Å²) in [4.78, 5) is 0. The number of hydrogen-bond donors (Lipinski definition) is 0. The maximum Gasteiger partial charge on any atom is 1.00 e. The molecule has 82 valence electrons. The Kier molecular flexibility index (Phi) is 8.48. The summed E-state index contributed by atoms with van der Waals surface area (Å²) >= 11 is 0. The van der Waals surface area contributed by atoms with Crippen LogP contribution in [0.5, 0.6) is 0 Å². The Labute approximate surface area is 231 Å². The van der Waals surface area contributed by atoms with E-state index in [1.807, 2.05) is 12.2 Å². The first-order valence-electron chi connectivity index (χ1n) is 5.70. The molecule has 3 rings (SSSR count). The molecule has 0 radical (unpaired) electrons. The van der Waals surface area contributed by atoms with E-state index in [0.29, 0.717) is 0 Å². The van der Waals surface area contributed by atoms with Gasteiger partial charge in [0.15, 0.2) is 0 Å². The molecule has 19 heavy (non-hydrogen) atoms. The molecule has 0 N–H and O–H groups in total. The normalized spacial score (nSPS) is 9.68. The summed E-state index contributed by atoms with van der Waals surface area (Å²) in [5, 5.41) is 5.17. The van der Waals surface area contributed by atoms with E-state index in [0.717, 1.165) is 11.1 Å². The molecule has 0 bridgehead atoms. The van der Waals surface area contributed by atoms with Crippen LogP contribution >= 0.6 is 0 Å². The monoisotopic (exact) mass is 483 g/mol. The molecule has 2 heteroatoms. The SMILES string of the molecule is C=Cc1ccc2c(c1)[cH-]c1cc(C=C)ccc12.[Cs+].[Cs+]. The quantitative estimate of drug-likeness (QED) is 0.411. The van der Waals surface area contributed by atoms with Gasteiger partial charge in [-0.15, -0.1) is 39.7 Å². The number of fused-ring (bicyclic) bond motifs is 3. The molecule has 0 aromatic heterocycles. The zero-order chi connectivity index (χ0) is 11.8. The molecule has 0 aliphatic heterocycles. The molecule has 0 atom stereocenters. The van der Waals surface area contributed by atoms with Gasteiger partial charge in [-0.05, 0) is 0 Å². The predicted molar refractivity (Wildman–Crippen MR) is 77.2 cm³/mol. The first-order valence-corrected chi connectivity index (χ1v) is 5.70. The first-order chi connectivity index (χ1) is 8.31. The van der Waals surface area contributed by atoms with Crippen molar-refractivity contribution in [3.63, 3.8) is 0 Å². The Balaban J connectivity index is 0.000000902. The fourth-order valence-electron chi connectivity index (χ4n) is 2.31. The summed E-state index contributed by atoms with van der Waals surface area (Å²) in [6, 6.07) is 15.1. The summed E-state index contributed by atoms with van der Waals surface area (Å²) in [5.74, 6) is 0. The summed E-state index contributed by atoms with van der Waals surface area (Å²) in [7, 11) is 0. The molecule has 0 heterocycles. The van der Waals surface area contributed by atoms with Crippen LogP contribution < -0.4 is 138 Å². The van der Waals surface area contributed by atoms with Gasteiger partial charge < -0.3 is 0 Å². The van der Waals surface area contributed by atoms with Gasteiger partial charge in [-0.2, -0.15) is 0 Å². The standard InChI is InChI=1S/C17H13.2Cs/c1-3-12-5-7-16-14(9-12)11-15-10-13(4-2)6-8-17(15)16;;/h3-11H,1-2H2;;/q-1;2*+1. The molecule has 0 aliphatic rings. The van der Waals surface area contributed by atoms with Crippen molar-refractivity contribution in [3.8, 4) is 0 Å². The zero-order valence-corrected chi connectivity index (χ0v) is 24.2. The van der Waals surface area contributed by atoms with Gasteiger partial charge in [-0.3, -0.25) is 0 Å². The predicted octanol–water partition coefficient (Wildman–Crippen LogP) is -0.994. The summed E-state index contributed by atoms with van der Waals surface area (Å²) in [6.07, 6.45) is 3.76. The second-order valence-corrected chi connectivity index (χ2v) is 4.25. The van der Waals surface area contributed by atoms with Crippen LogP contribution in [0.15, 0.2) is 55.6 Å². The van der Waals surface area contributed by atoms with Crippen molar-refractivity contribution in [2.24, 2.45) is 0 Å². The largest absolute Gasteiger partial charge is 1.00 e. The van der Waals surface area contributed by atoms with Crippen LogP contribution in [0.4, 0.5) is 0 Å². The number of benzene rings is 2. The molecule has 0 amide bonds. The fraction of sp³-hybridized carbons (Fsp3) is 0. The molecule has 3 aromatic rings. The maximum absolute atomic E-state index is 3.81. The molecule has 0 saturated heterocycles. The second-order valence-electron chi connectivity index (χ2n) is 4.25. The van der Waals surface area contributed by atoms with Crippen molar-refractivity contribution in [1.29, 1.82) is 0 Å². The van der Waals surface area contributed by atoms with Crippen LogP contribution in [0.3, 0.4) is 0 Å². The third-order valence-electron chi connectivity index (χ3n) is 3.22. The topological polar surface area (TPSA) is 0 Å². The molecule has 0 aliphatic carbocycles. The number of hydrogen-bond acceptors (Lipinski definition) is 0. The number of rotatable bonds is 2. The molecule has 0 unspecified atom stereocenters. The third-order valence-corrected chi connectivity index (χ3v) is 3.22. The van der Waals surface area contributed by atoms with Crippen LogP contribution in [0.2, 0.25) is 0 Å². The Hall–Kier alpha value is 1.89. The third kappa shape index (κ3) is 4.00. The summed E-state index contributed by atoms with van der Waals surface area (Å²) < 4.78 is 0. The Morgan fingerprint density at radius 2 is 1.16 bits per heavy atom. The van der Waals surface area contributed by atoms with Gasteiger partial charge in [0.05, 0.1) is 0 Å². The van der Waals surface area contributed by atoms with Gasteiger partial charge >= 0.3 is 138 Å². The van der Waals surface area contributed by atoms with E-state index in [4.69, 9.17) is 0 Å². The van der Waals surface area contributed by atoms with E-state index in [9.17, 15) is 0 Å². The van der Waals surface area contributed by atoms with Crippen molar-refractivity contribution in [2.45, 2.75) is 0 Å². The van der Waals surface area contributed by atoms with Crippen LogP contribution in [0, 0.1) is 0 Å². The van der Waals surface area contributed by atoms with Crippen molar-refractivity contribution < 1.29 is 138 Å². The van der Waals surface area contributed by atoms with Gasteiger partial charge in [-0.1, -0.05) is 60.7 Å². The van der Waals surface area contributed by atoms with E-state index in [2.05, 4.69) is 55.6 Å². The van der Waals surface area contributed by atoms with Crippen molar-refractivity contribution in [2.75, 3.05) is 0 Å². The smallest absolute Gasteiger partial charge is 0.126 e.